The molecule has 13 heteroatoms. The van der Waals surface area contributed by atoms with Crippen LogP contribution in [0.5, 0.6) is 11.5 Å². The molecule has 1 spiro atoms. The Bertz CT molecular complexity index is 2780. The summed E-state index contributed by atoms with van der Waals surface area (Å²) >= 11 is 0. The van der Waals surface area contributed by atoms with E-state index in [9.17, 15) is 29.4 Å². The van der Waals surface area contributed by atoms with E-state index >= 15 is 0 Å². The zero-order valence-electron chi connectivity index (χ0n) is 39.6. The van der Waals surface area contributed by atoms with Crippen molar-refractivity contribution in [3.05, 3.63) is 177 Å². The van der Waals surface area contributed by atoms with Crippen LogP contribution in [0.3, 0.4) is 0 Å². The molecule has 13 nitrogen and oxygen atoms in total. The first-order chi connectivity index (χ1) is 34.1. The fourth-order valence-corrected chi connectivity index (χ4v) is 10.4. The van der Waals surface area contributed by atoms with Crippen molar-refractivity contribution in [1.82, 2.24) is 25.0 Å². The number of amides is 2. The molecular weight excluding hydrogens is 883 g/mol. The normalized spacial score (nSPS) is 17.3. The maximum absolute atomic E-state index is 13.9. The highest BCUT2D eigenvalue weighted by molar-refractivity contribution is 5.94. The molecule has 1 unspecified atom stereocenters. The molecule has 2 amide bonds. The number of carbonyl (C=O) groups is 3. The number of carbonyl (C=O) groups excluding carboxylic acids is 3. The van der Waals surface area contributed by atoms with E-state index in [4.69, 9.17) is 9.47 Å². The van der Waals surface area contributed by atoms with E-state index in [1.807, 2.05) is 94.7 Å². The minimum Gasteiger partial charge on any atom is -0.506 e. The molecule has 3 saturated heterocycles. The van der Waals surface area contributed by atoms with Gasteiger partial charge >= 0.3 is 5.97 Å². The number of rotatable bonds is 16. The fraction of sp³-hybridized carbons (Fsp3) is 0.368. The lowest BCUT2D eigenvalue weighted by atomic mass is 9.71. The Morgan fingerprint density at radius 2 is 1.40 bits per heavy atom. The summed E-state index contributed by atoms with van der Waals surface area (Å²) in [6.45, 7) is 6.52. The average molecular weight is 946 g/mol. The molecule has 70 heavy (non-hydrogen) atoms. The summed E-state index contributed by atoms with van der Waals surface area (Å²) in [5.74, 6) is -0.193. The Kier molecular flexibility index (Phi) is 15.4. The van der Waals surface area contributed by atoms with Crippen LogP contribution in [0, 0.1) is 11.3 Å². The van der Waals surface area contributed by atoms with E-state index in [1.165, 1.54) is 17.7 Å². The Labute approximate surface area is 409 Å². The minimum atomic E-state index is -0.872. The quantitative estimate of drug-likeness (QED) is 0.0712. The highest BCUT2D eigenvalue weighted by Crippen LogP contribution is 2.42. The SMILES string of the molecule is O=C(OCC1CCN(Cc2ccccc2)CC1)C(c1ccccc1)c1cccc(OCC(=O)N2CCC3(CC2)CCN(C(=O)c2ccc(CNC[C@H](O)c4ccc(O)c5[nH]c(=O)ccc45)cc2)CC3)c1. The van der Waals surface area contributed by atoms with E-state index in [2.05, 4.69) is 39.5 Å². The van der Waals surface area contributed by atoms with Crippen molar-refractivity contribution in [2.45, 2.75) is 63.6 Å². The third-order valence-electron chi connectivity index (χ3n) is 14.8. The highest BCUT2D eigenvalue weighted by atomic mass is 16.5. The monoisotopic (exact) mass is 945 g/mol. The van der Waals surface area contributed by atoms with Crippen LogP contribution in [0.2, 0.25) is 0 Å². The van der Waals surface area contributed by atoms with E-state index in [0.29, 0.717) is 73.0 Å². The maximum atomic E-state index is 13.9. The summed E-state index contributed by atoms with van der Waals surface area (Å²) in [6.07, 6.45) is 4.62. The van der Waals surface area contributed by atoms with Crippen LogP contribution in [-0.2, 0) is 27.4 Å². The molecule has 0 saturated carbocycles. The predicted molar refractivity (Wildman–Crippen MR) is 268 cm³/mol. The van der Waals surface area contributed by atoms with E-state index < -0.39 is 12.0 Å². The third-order valence-corrected chi connectivity index (χ3v) is 14.8. The number of hydrogen-bond donors (Lipinski definition) is 4. The number of phenolic OH excluding ortho intramolecular Hbond substituents is 1. The molecule has 6 aromatic rings. The third kappa shape index (κ3) is 11.8. The summed E-state index contributed by atoms with van der Waals surface area (Å²) in [4.78, 5) is 61.6. The Hall–Kier alpha value is -6.80. The number of H-pyrrole nitrogens is 1. The molecule has 3 fully saturated rings. The summed E-state index contributed by atoms with van der Waals surface area (Å²) < 4.78 is 12.2. The van der Waals surface area contributed by atoms with Crippen molar-refractivity contribution < 1.29 is 34.1 Å². The Morgan fingerprint density at radius 1 is 0.729 bits per heavy atom. The van der Waals surface area contributed by atoms with Gasteiger partial charge in [-0.05, 0) is 127 Å². The molecule has 3 aliphatic heterocycles. The summed E-state index contributed by atoms with van der Waals surface area (Å²) in [7, 11) is 0. The number of esters is 1. The molecule has 0 bridgehead atoms. The summed E-state index contributed by atoms with van der Waals surface area (Å²) in [5, 5.41) is 24.9. The van der Waals surface area contributed by atoms with Gasteiger partial charge in [-0.1, -0.05) is 91.0 Å². The number of piperidine rings is 3. The number of aromatic amines is 1. The maximum Gasteiger partial charge on any atom is 0.317 e. The van der Waals surface area contributed by atoms with Crippen molar-refractivity contribution in [1.29, 1.82) is 0 Å². The number of nitrogens with one attached hydrogen (secondary N) is 2. The lowest BCUT2D eigenvalue weighted by Crippen LogP contribution is -2.50. The van der Waals surface area contributed by atoms with Gasteiger partial charge < -0.3 is 39.8 Å². The fourth-order valence-electron chi connectivity index (χ4n) is 10.4. The van der Waals surface area contributed by atoms with Gasteiger partial charge in [-0.3, -0.25) is 24.1 Å². The van der Waals surface area contributed by atoms with Crippen molar-refractivity contribution in [3.63, 3.8) is 0 Å². The van der Waals surface area contributed by atoms with Gasteiger partial charge in [0.1, 0.15) is 17.4 Å². The number of phenols is 1. The molecule has 5 aromatic carbocycles. The zero-order chi connectivity index (χ0) is 48.5. The number of nitrogens with zero attached hydrogens (tertiary/aromatic N) is 3. The van der Waals surface area contributed by atoms with Crippen LogP contribution in [0.1, 0.15) is 88.7 Å². The van der Waals surface area contributed by atoms with Crippen LogP contribution in [0.4, 0.5) is 0 Å². The number of ether oxygens (including phenoxy) is 2. The van der Waals surface area contributed by atoms with Crippen LogP contribution < -0.4 is 15.6 Å². The van der Waals surface area contributed by atoms with Crippen molar-refractivity contribution >= 4 is 28.7 Å². The van der Waals surface area contributed by atoms with E-state index in [1.54, 1.807) is 12.1 Å². The molecule has 3 aliphatic rings. The summed E-state index contributed by atoms with van der Waals surface area (Å²) in [6, 6.07) is 41.3. The lowest BCUT2D eigenvalue weighted by Gasteiger charge is -2.46. The van der Waals surface area contributed by atoms with Gasteiger partial charge in [-0.25, -0.2) is 0 Å². The second kappa shape index (κ2) is 22.3. The number of aromatic hydroxyl groups is 1. The van der Waals surface area contributed by atoms with Crippen LogP contribution in [0.25, 0.3) is 10.9 Å². The number of hydrogen-bond acceptors (Lipinski definition) is 10. The standard InChI is InChI=1S/C57H63N5O8/c63-49-20-18-47(48-19-21-51(65)59-54(48)49)50(64)36-58-35-40-14-16-44(17-15-40)55(67)62-32-26-57(27-33-62)24-30-61(31-25-57)52(66)39-69-46-13-7-12-45(34-46)53(43-10-5-2-6-11-43)56(68)70-38-42-22-28-60(29-23-42)37-41-8-3-1-4-9-41/h1-21,34,42,50,53,58,63-64H,22-33,35-39H2,(H,59,65)/t50-,53?/m0/s1. The van der Waals surface area contributed by atoms with Crippen molar-refractivity contribution in [3.8, 4) is 11.5 Å². The Morgan fingerprint density at radius 3 is 2.11 bits per heavy atom. The second-order valence-electron chi connectivity index (χ2n) is 19.3. The van der Waals surface area contributed by atoms with E-state index in [0.717, 1.165) is 74.8 Å². The number of fused-ring (bicyclic) bond motifs is 1. The van der Waals surface area contributed by atoms with Gasteiger partial charge in [0.25, 0.3) is 11.8 Å². The first-order valence-corrected chi connectivity index (χ1v) is 24.7. The number of pyridine rings is 1. The number of likely N-dealkylation sites (tertiary alicyclic amines) is 3. The molecule has 364 valence electrons. The molecule has 0 aliphatic carbocycles. The van der Waals surface area contributed by atoms with Gasteiger partial charge in [-0.2, -0.15) is 0 Å². The van der Waals surface area contributed by atoms with Gasteiger partial charge in [0.05, 0.1) is 18.2 Å². The molecule has 4 N–H and O–H groups in total. The van der Waals surface area contributed by atoms with Gasteiger partial charge in [-0.15, -0.1) is 0 Å². The van der Waals surface area contributed by atoms with Gasteiger partial charge in [0, 0.05) is 62.8 Å². The van der Waals surface area contributed by atoms with Gasteiger partial charge in [0.2, 0.25) is 5.56 Å². The van der Waals surface area contributed by atoms with Crippen molar-refractivity contribution in [2.75, 3.05) is 59.0 Å². The molecular formula is C57H63N5O8. The number of aliphatic hydroxyl groups excluding tert-OH is 1. The molecule has 1 aromatic heterocycles. The highest BCUT2D eigenvalue weighted by Gasteiger charge is 2.40. The molecule has 4 heterocycles. The predicted octanol–water partition coefficient (Wildman–Crippen LogP) is 7.57. The minimum absolute atomic E-state index is 0.00815. The largest absolute Gasteiger partial charge is 0.506 e. The molecule has 0 radical (unpaired) electrons. The first-order valence-electron chi connectivity index (χ1n) is 24.7. The smallest absolute Gasteiger partial charge is 0.317 e. The Balaban J connectivity index is 0.706. The average Bonchev–Trinajstić information content (AvgIpc) is 3.39. The molecule has 2 atom stereocenters. The first kappa shape index (κ1) is 48.2. The lowest BCUT2D eigenvalue weighted by molar-refractivity contribution is -0.146. The zero-order valence-corrected chi connectivity index (χ0v) is 39.6. The second-order valence-corrected chi connectivity index (χ2v) is 19.3. The topological polar surface area (TPSA) is 165 Å². The van der Waals surface area contributed by atoms with E-state index in [-0.39, 0.29) is 47.7 Å². The van der Waals surface area contributed by atoms with Crippen LogP contribution >= 0.6 is 0 Å². The summed E-state index contributed by atoms with van der Waals surface area (Å²) in [5.41, 5.74) is 5.15. The van der Waals surface area contributed by atoms with Gasteiger partial charge in [0.15, 0.2) is 6.61 Å². The number of aromatic nitrogens is 1. The van der Waals surface area contributed by atoms with Crippen molar-refractivity contribution in [2.24, 2.45) is 11.3 Å². The number of benzene rings is 5. The van der Waals surface area contributed by atoms with Crippen LogP contribution in [-0.4, -0.2) is 107 Å². The number of aliphatic hydroxyl groups is 1. The van der Waals surface area contributed by atoms with Crippen LogP contribution in [0.15, 0.2) is 138 Å². The molecule has 9 rings (SSSR count).